The quantitative estimate of drug-likeness (QED) is 0.0591. The van der Waals surface area contributed by atoms with Crippen LogP contribution in [0, 0.1) is 5.92 Å². The van der Waals surface area contributed by atoms with Gasteiger partial charge < -0.3 is 42.3 Å². The van der Waals surface area contributed by atoms with Crippen molar-refractivity contribution in [2.45, 2.75) is 78.1 Å². The van der Waals surface area contributed by atoms with E-state index >= 15 is 0 Å². The van der Waals surface area contributed by atoms with Gasteiger partial charge in [-0.2, -0.15) is 0 Å². The number of hydrogen-bond donors (Lipinski definition) is 6. The van der Waals surface area contributed by atoms with Crippen LogP contribution in [-0.4, -0.2) is 60.4 Å². The van der Waals surface area contributed by atoms with Crippen molar-refractivity contribution < 1.29 is 28.3 Å². The van der Waals surface area contributed by atoms with Crippen molar-refractivity contribution in [1.82, 2.24) is 16.0 Å². The highest BCUT2D eigenvalue weighted by molar-refractivity contribution is 6.11. The maximum absolute atomic E-state index is 13.9. The highest BCUT2D eigenvalue weighted by Crippen LogP contribution is 2.22. The Bertz CT molecular complexity index is 1390. The number of carbonyl (C=O) groups is 4. The van der Waals surface area contributed by atoms with Gasteiger partial charge in [-0.25, -0.2) is 9.59 Å². The van der Waals surface area contributed by atoms with E-state index in [2.05, 4.69) is 20.9 Å². The fraction of sp³-hybridized carbons (Fsp3) is 0.517. The molecule has 14 heteroatoms. The molecule has 3 amide bonds. The Hall–Kier alpha value is -4.46. The van der Waals surface area contributed by atoms with E-state index in [1.165, 1.54) is 0 Å². The lowest BCUT2D eigenvalue weighted by Gasteiger charge is -2.24. The van der Waals surface area contributed by atoms with Crippen molar-refractivity contribution in [1.29, 1.82) is 0 Å². The van der Waals surface area contributed by atoms with Crippen LogP contribution in [0.25, 0.3) is 11.0 Å². The summed E-state index contributed by atoms with van der Waals surface area (Å²) in [5, 5.41) is 8.07. The number of nitrogens with two attached hydrogens (primary N) is 3. The molecule has 1 aromatic heterocycles. The fourth-order valence-corrected chi connectivity index (χ4v) is 4.29. The molecule has 2 rings (SSSR count). The van der Waals surface area contributed by atoms with Gasteiger partial charge >= 0.3 is 11.7 Å². The normalized spacial score (nSPS) is 12.7. The lowest BCUT2D eigenvalue weighted by molar-refractivity contribution is -0.127. The summed E-state index contributed by atoms with van der Waals surface area (Å²) in [5.74, 6) is -1.90. The molecule has 0 fully saturated rings. The van der Waals surface area contributed by atoms with Gasteiger partial charge in [-0.1, -0.05) is 32.0 Å². The number of guanidine groups is 1. The number of Topliss-reactive ketones (excluding diaryl/α,β-unsaturated/α-hetero) is 1. The van der Waals surface area contributed by atoms with Crippen molar-refractivity contribution in [2.24, 2.45) is 28.1 Å². The number of fused-ring (bicyclic) bond motifs is 1. The number of carbonyl (C=O) groups excluding carboxylic acids is 4. The first kappa shape index (κ1) is 34.7. The minimum absolute atomic E-state index is 0.0229. The topological polar surface area (TPSA) is 234 Å². The summed E-state index contributed by atoms with van der Waals surface area (Å²) < 4.78 is 10.6. The zero-order valence-electron chi connectivity index (χ0n) is 25.3. The Balaban J connectivity index is 2.26. The number of alkyl carbamates (subject to hydrolysis) is 1. The van der Waals surface area contributed by atoms with Crippen LogP contribution in [0.5, 0.6) is 0 Å². The van der Waals surface area contributed by atoms with Gasteiger partial charge in [0.25, 0.3) is 0 Å². The predicted molar refractivity (Wildman–Crippen MR) is 162 cm³/mol. The Morgan fingerprint density at radius 1 is 1.05 bits per heavy atom. The largest absolute Gasteiger partial charge is 0.444 e. The minimum Gasteiger partial charge on any atom is -0.444 e. The predicted octanol–water partition coefficient (Wildman–Crippen LogP) is 1.03. The summed E-state index contributed by atoms with van der Waals surface area (Å²) in [4.78, 5) is 68.7. The molecule has 0 spiro atoms. The van der Waals surface area contributed by atoms with Crippen LogP contribution in [0.2, 0.25) is 0 Å². The zero-order chi connectivity index (χ0) is 32.3. The molecule has 236 valence electrons. The second kappa shape index (κ2) is 15.7. The van der Waals surface area contributed by atoms with Gasteiger partial charge in [0, 0.05) is 24.0 Å². The minimum atomic E-state index is -1.11. The number of ketones is 1. The Morgan fingerprint density at radius 3 is 2.33 bits per heavy atom. The van der Waals surface area contributed by atoms with Crippen molar-refractivity contribution >= 4 is 40.6 Å². The van der Waals surface area contributed by atoms with Gasteiger partial charge in [0.05, 0.1) is 18.2 Å². The van der Waals surface area contributed by atoms with Crippen LogP contribution < -0.4 is 38.8 Å². The van der Waals surface area contributed by atoms with E-state index in [-0.39, 0.29) is 48.1 Å². The van der Waals surface area contributed by atoms with E-state index in [1.54, 1.807) is 45.0 Å². The van der Waals surface area contributed by atoms with Crippen LogP contribution in [0.15, 0.2) is 38.5 Å². The summed E-state index contributed by atoms with van der Waals surface area (Å²) in [7, 11) is 0. The van der Waals surface area contributed by atoms with E-state index in [0.29, 0.717) is 18.2 Å². The summed E-state index contributed by atoms with van der Waals surface area (Å²) in [6.45, 7) is 8.30. The molecule has 1 heterocycles. The molecule has 0 saturated heterocycles. The van der Waals surface area contributed by atoms with Crippen LogP contribution in [0.1, 0.15) is 69.8 Å². The van der Waals surface area contributed by atoms with Crippen molar-refractivity contribution in [3.63, 3.8) is 0 Å². The molecule has 9 N–H and O–H groups in total. The molecule has 2 atom stereocenters. The molecule has 0 aliphatic heterocycles. The summed E-state index contributed by atoms with van der Waals surface area (Å²) in [5.41, 5.74) is 15.3. The van der Waals surface area contributed by atoms with Crippen LogP contribution in [0.4, 0.5) is 4.79 Å². The average Bonchev–Trinajstić information content (AvgIpc) is 2.90. The SMILES string of the molecule is CC(C)C[C@H](NC(=O)OC(C)(C)C)C(=O)NCC(=O)N[C@@H](CCCN=C(N)N)C(=O)c1c(CN)c(=O)oc2ccccc12. The van der Waals surface area contributed by atoms with E-state index in [1.807, 2.05) is 13.8 Å². The van der Waals surface area contributed by atoms with Gasteiger partial charge in [-0.05, 0) is 52.0 Å². The van der Waals surface area contributed by atoms with E-state index in [0.717, 1.165) is 0 Å². The average molecular weight is 602 g/mol. The molecule has 14 nitrogen and oxygen atoms in total. The Morgan fingerprint density at radius 2 is 1.72 bits per heavy atom. The Labute approximate surface area is 250 Å². The number of rotatable bonds is 14. The lowest BCUT2D eigenvalue weighted by Crippen LogP contribution is -2.51. The highest BCUT2D eigenvalue weighted by Gasteiger charge is 2.29. The first-order valence-electron chi connectivity index (χ1n) is 14.0. The molecule has 0 aliphatic rings. The standard InChI is InChI=1S/C29H43N7O7/c1-16(2)13-20(36-28(41)43-29(3,4)5)25(39)34-15-22(37)35-19(10-8-12-33-27(31)32)24(38)23-17-9-6-7-11-21(17)42-26(40)18(23)14-30/h6-7,9,11,16,19-20H,8,10,12-15,30H2,1-5H3,(H,34,39)(H,35,37)(H,36,41)(H4,31,32,33)/t19-,20-/m0/s1. The summed E-state index contributed by atoms with van der Waals surface area (Å²) in [6, 6.07) is 4.44. The third-order valence-corrected chi connectivity index (χ3v) is 6.09. The van der Waals surface area contributed by atoms with Crippen molar-refractivity contribution in [2.75, 3.05) is 13.1 Å². The number of nitrogens with one attached hydrogen (secondary N) is 3. The molecule has 0 radical (unpaired) electrons. The van der Waals surface area contributed by atoms with Crippen molar-refractivity contribution in [3.8, 4) is 0 Å². The number of hydrogen-bond acceptors (Lipinski definition) is 9. The van der Waals surface area contributed by atoms with Gasteiger partial charge in [-0.3, -0.25) is 19.4 Å². The molecule has 43 heavy (non-hydrogen) atoms. The van der Waals surface area contributed by atoms with Gasteiger partial charge in [0.15, 0.2) is 11.7 Å². The number of aliphatic imine (C=N–C) groups is 1. The summed E-state index contributed by atoms with van der Waals surface area (Å²) >= 11 is 0. The monoisotopic (exact) mass is 601 g/mol. The second-order valence-corrected chi connectivity index (χ2v) is 11.4. The Kier molecular flexibility index (Phi) is 12.7. The van der Waals surface area contributed by atoms with Crippen LogP contribution in [0.3, 0.4) is 0 Å². The molecule has 0 bridgehead atoms. The lowest BCUT2D eigenvalue weighted by atomic mass is 9.94. The van der Waals surface area contributed by atoms with Crippen LogP contribution >= 0.6 is 0 Å². The third-order valence-electron chi connectivity index (χ3n) is 6.09. The molecule has 0 saturated carbocycles. The molecule has 2 aromatic rings. The van der Waals surface area contributed by atoms with E-state index < -0.39 is 53.5 Å². The van der Waals surface area contributed by atoms with Gasteiger partial charge in [-0.15, -0.1) is 0 Å². The molecule has 0 unspecified atom stereocenters. The van der Waals surface area contributed by atoms with E-state index in [9.17, 15) is 24.0 Å². The zero-order valence-corrected chi connectivity index (χ0v) is 25.3. The number of ether oxygens (including phenoxy) is 1. The first-order chi connectivity index (χ1) is 20.1. The van der Waals surface area contributed by atoms with E-state index in [4.69, 9.17) is 26.4 Å². The highest BCUT2D eigenvalue weighted by atomic mass is 16.6. The summed E-state index contributed by atoms with van der Waals surface area (Å²) in [6.07, 6.45) is -0.0395. The number of nitrogens with zero attached hydrogens (tertiary/aromatic N) is 1. The maximum atomic E-state index is 13.9. The molecule has 0 aliphatic carbocycles. The number of para-hydroxylation sites is 1. The maximum Gasteiger partial charge on any atom is 0.408 e. The number of benzene rings is 1. The number of amides is 3. The molecular formula is C29H43N7O7. The van der Waals surface area contributed by atoms with Crippen LogP contribution in [-0.2, 0) is 20.9 Å². The third kappa shape index (κ3) is 11.0. The second-order valence-electron chi connectivity index (χ2n) is 11.4. The van der Waals surface area contributed by atoms with Crippen molar-refractivity contribution in [3.05, 3.63) is 45.8 Å². The first-order valence-corrected chi connectivity index (χ1v) is 14.0. The van der Waals surface area contributed by atoms with Gasteiger partial charge in [0.2, 0.25) is 11.8 Å². The smallest absolute Gasteiger partial charge is 0.408 e. The molecular weight excluding hydrogens is 558 g/mol. The molecule has 1 aromatic carbocycles. The fourth-order valence-electron chi connectivity index (χ4n) is 4.29. The van der Waals surface area contributed by atoms with Gasteiger partial charge in [0.1, 0.15) is 17.2 Å².